The molecule has 2 heterocycles. The predicted molar refractivity (Wildman–Crippen MR) is 122 cm³/mol. The Morgan fingerprint density at radius 1 is 1.05 bits per heavy atom. The minimum absolute atomic E-state index is 0.0817. The maximum atomic E-state index is 12.4. The van der Waals surface area contributed by atoms with Crippen molar-refractivity contribution in [3.05, 3.63) is 47.0 Å². The highest BCUT2D eigenvalue weighted by atomic mass is 19.4. The molecule has 0 saturated carbocycles. The van der Waals surface area contributed by atoms with E-state index in [1.54, 1.807) is 13.2 Å². The van der Waals surface area contributed by atoms with Crippen LogP contribution >= 0.6 is 0 Å². The maximum absolute atomic E-state index is 12.4. The van der Waals surface area contributed by atoms with Crippen molar-refractivity contribution in [3.8, 4) is 0 Å². The Labute approximate surface area is 217 Å². The average molecular weight is 569 g/mol. The summed E-state index contributed by atoms with van der Waals surface area (Å²) in [5.74, 6) is -5.02. The minimum atomic E-state index is -5.08. The molecule has 0 fully saturated rings. The number of halogens is 6. The number of methoxy groups -OCH3 is 1. The molecule has 1 atom stereocenters. The summed E-state index contributed by atoms with van der Waals surface area (Å²) >= 11 is 0. The molecule has 11 nitrogen and oxygen atoms in total. The van der Waals surface area contributed by atoms with Crippen LogP contribution in [0.3, 0.4) is 0 Å². The van der Waals surface area contributed by atoms with Crippen LogP contribution < -0.4 is 10.6 Å². The third-order valence-electron chi connectivity index (χ3n) is 4.68. The molecule has 216 valence electrons. The number of carboxylic acids is 2. The van der Waals surface area contributed by atoms with Gasteiger partial charge in [-0.3, -0.25) is 4.79 Å². The second-order valence-electron chi connectivity index (χ2n) is 7.77. The Morgan fingerprint density at radius 2 is 1.64 bits per heavy atom. The van der Waals surface area contributed by atoms with E-state index in [2.05, 4.69) is 25.6 Å². The van der Waals surface area contributed by atoms with Gasteiger partial charge in [-0.1, -0.05) is 6.07 Å². The van der Waals surface area contributed by atoms with Crippen molar-refractivity contribution in [2.24, 2.45) is 0 Å². The van der Waals surface area contributed by atoms with Gasteiger partial charge in [0, 0.05) is 37.3 Å². The Kier molecular flexibility index (Phi) is 12.5. The monoisotopic (exact) mass is 569 g/mol. The van der Waals surface area contributed by atoms with Crippen LogP contribution in [0.5, 0.6) is 0 Å². The summed E-state index contributed by atoms with van der Waals surface area (Å²) in [7, 11) is 1.66. The van der Waals surface area contributed by atoms with Gasteiger partial charge in [0.2, 0.25) is 5.95 Å². The van der Waals surface area contributed by atoms with Crippen molar-refractivity contribution < 1.29 is 55.7 Å². The first kappa shape index (κ1) is 33.0. The van der Waals surface area contributed by atoms with E-state index < -0.39 is 24.3 Å². The number of carboxylic acid groups (broad SMARTS) is 2. The van der Waals surface area contributed by atoms with Crippen LogP contribution in [0.1, 0.15) is 33.9 Å². The van der Waals surface area contributed by atoms with Gasteiger partial charge in [0.05, 0.1) is 6.61 Å². The van der Waals surface area contributed by atoms with Gasteiger partial charge < -0.3 is 25.6 Å². The average Bonchev–Trinajstić information content (AvgIpc) is 2.84. The minimum Gasteiger partial charge on any atom is -0.475 e. The van der Waals surface area contributed by atoms with Gasteiger partial charge >= 0.3 is 24.3 Å². The Morgan fingerprint density at radius 3 is 2.15 bits per heavy atom. The number of amides is 1. The van der Waals surface area contributed by atoms with Crippen LogP contribution in [0, 0.1) is 6.92 Å². The molecular formula is C22H25F6N5O6. The second kappa shape index (κ2) is 14.8. The van der Waals surface area contributed by atoms with Gasteiger partial charge in [-0.15, -0.1) is 0 Å². The topological polar surface area (TPSA) is 164 Å². The molecule has 1 aliphatic rings. The highest BCUT2D eigenvalue weighted by molar-refractivity contribution is 5.92. The van der Waals surface area contributed by atoms with Crippen molar-refractivity contribution in [1.29, 1.82) is 0 Å². The summed E-state index contributed by atoms with van der Waals surface area (Å²) in [4.78, 5) is 43.3. The normalized spacial score (nSPS) is 14.4. The fourth-order valence-electron chi connectivity index (χ4n) is 2.91. The molecule has 39 heavy (non-hydrogen) atoms. The molecule has 4 N–H and O–H groups in total. The van der Waals surface area contributed by atoms with Crippen LogP contribution in [0.25, 0.3) is 0 Å². The zero-order chi connectivity index (χ0) is 29.8. The Balaban J connectivity index is 0.000000449. The van der Waals surface area contributed by atoms with Crippen molar-refractivity contribution in [2.45, 2.75) is 44.6 Å². The Bertz CT molecular complexity index is 1110. The Hall–Kier alpha value is -4.02. The molecule has 2 aromatic rings. The van der Waals surface area contributed by atoms with Gasteiger partial charge in [0.1, 0.15) is 5.69 Å². The zero-order valence-electron chi connectivity index (χ0n) is 20.6. The maximum Gasteiger partial charge on any atom is 0.490 e. The fraction of sp³-hybridized carbons (Fsp3) is 0.455. The first-order valence-electron chi connectivity index (χ1n) is 11.0. The molecule has 0 aromatic carbocycles. The van der Waals surface area contributed by atoms with E-state index in [0.717, 1.165) is 36.2 Å². The standard InChI is InChI=1S/C18H23N5O2.2C2HF3O2/c1-12-4-3-5-16(21-12)17(24)22-14-6-7-15-13(10-14)11-20-18(23-15)19-8-9-25-2;2*3-2(4,5)1(6)7/h3-5,11,14H,6-10H2,1-2H3,(H,22,24)(H,19,20,23);2*(H,6,7). The number of pyridine rings is 1. The number of carbonyl (C=O) groups is 3. The molecule has 1 unspecified atom stereocenters. The molecule has 17 heteroatoms. The van der Waals surface area contributed by atoms with E-state index >= 15 is 0 Å². The number of hydrogen-bond acceptors (Lipinski definition) is 8. The van der Waals surface area contributed by atoms with Crippen molar-refractivity contribution in [1.82, 2.24) is 20.3 Å². The summed E-state index contributed by atoms with van der Waals surface area (Å²) in [6, 6.07) is 5.54. The summed E-state index contributed by atoms with van der Waals surface area (Å²) in [6.45, 7) is 3.17. The number of aromatic nitrogens is 3. The SMILES string of the molecule is COCCNc1ncc2c(n1)CCC(NC(=O)c1cccc(C)n1)C2.O=C(O)C(F)(F)F.O=C(O)C(F)(F)F. The smallest absolute Gasteiger partial charge is 0.475 e. The number of carbonyl (C=O) groups excluding carboxylic acids is 1. The van der Waals surface area contributed by atoms with E-state index in [1.807, 2.05) is 25.3 Å². The van der Waals surface area contributed by atoms with Crippen LogP contribution in [0.2, 0.25) is 0 Å². The molecule has 0 aliphatic heterocycles. The highest BCUT2D eigenvalue weighted by Crippen LogP contribution is 2.20. The molecule has 3 rings (SSSR count). The van der Waals surface area contributed by atoms with Gasteiger partial charge in [-0.2, -0.15) is 26.3 Å². The number of hydrogen-bond donors (Lipinski definition) is 4. The first-order chi connectivity index (χ1) is 18.0. The number of ether oxygens (including phenoxy) is 1. The van der Waals surface area contributed by atoms with E-state index in [-0.39, 0.29) is 11.9 Å². The third-order valence-corrected chi connectivity index (χ3v) is 4.68. The van der Waals surface area contributed by atoms with E-state index in [1.165, 1.54) is 0 Å². The number of aryl methyl sites for hydroxylation is 2. The highest BCUT2D eigenvalue weighted by Gasteiger charge is 2.38. The van der Waals surface area contributed by atoms with E-state index in [9.17, 15) is 31.1 Å². The van der Waals surface area contributed by atoms with E-state index in [0.29, 0.717) is 24.8 Å². The molecule has 0 spiro atoms. The molecule has 0 bridgehead atoms. The van der Waals surface area contributed by atoms with Gasteiger partial charge in [0.15, 0.2) is 0 Å². The molecule has 1 aliphatic carbocycles. The quantitative estimate of drug-likeness (QED) is 0.300. The fourth-order valence-corrected chi connectivity index (χ4v) is 2.91. The lowest BCUT2D eigenvalue weighted by Crippen LogP contribution is -2.39. The number of fused-ring (bicyclic) bond motifs is 1. The van der Waals surface area contributed by atoms with Crippen molar-refractivity contribution in [2.75, 3.05) is 25.6 Å². The van der Waals surface area contributed by atoms with Crippen LogP contribution in [-0.2, 0) is 27.2 Å². The van der Waals surface area contributed by atoms with Gasteiger partial charge in [0.25, 0.3) is 5.91 Å². The summed E-state index contributed by atoms with van der Waals surface area (Å²) in [6.07, 6.45) is -5.89. The second-order valence-corrected chi connectivity index (χ2v) is 7.77. The molecule has 0 radical (unpaired) electrons. The lowest BCUT2D eigenvalue weighted by molar-refractivity contribution is -0.193. The predicted octanol–water partition coefficient (Wildman–Crippen LogP) is 2.79. The number of nitrogens with zero attached hydrogens (tertiary/aromatic N) is 3. The van der Waals surface area contributed by atoms with E-state index in [4.69, 9.17) is 24.5 Å². The molecular weight excluding hydrogens is 544 g/mol. The van der Waals surface area contributed by atoms with Crippen LogP contribution in [0.4, 0.5) is 32.3 Å². The lowest BCUT2D eigenvalue weighted by Gasteiger charge is -2.24. The summed E-state index contributed by atoms with van der Waals surface area (Å²) < 4.78 is 68.5. The number of anilines is 1. The van der Waals surface area contributed by atoms with Crippen LogP contribution in [-0.4, -0.2) is 81.7 Å². The third kappa shape index (κ3) is 12.4. The van der Waals surface area contributed by atoms with Crippen molar-refractivity contribution >= 4 is 23.8 Å². The molecule has 1 amide bonds. The lowest BCUT2D eigenvalue weighted by atomic mass is 9.93. The largest absolute Gasteiger partial charge is 0.490 e. The summed E-state index contributed by atoms with van der Waals surface area (Å²) in [5, 5.41) is 20.5. The number of aliphatic carboxylic acids is 2. The molecule has 2 aromatic heterocycles. The number of rotatable bonds is 6. The zero-order valence-corrected chi connectivity index (χ0v) is 20.6. The van der Waals surface area contributed by atoms with Gasteiger partial charge in [-0.05, 0) is 43.9 Å². The number of nitrogens with one attached hydrogen (secondary N) is 2. The van der Waals surface area contributed by atoms with Crippen LogP contribution in [0.15, 0.2) is 24.4 Å². The molecule has 0 saturated heterocycles. The van der Waals surface area contributed by atoms with Crippen molar-refractivity contribution in [3.63, 3.8) is 0 Å². The summed E-state index contributed by atoms with van der Waals surface area (Å²) in [5.41, 5.74) is 3.43. The number of alkyl halides is 6. The van der Waals surface area contributed by atoms with Gasteiger partial charge in [-0.25, -0.2) is 24.5 Å². The first-order valence-corrected chi connectivity index (χ1v) is 11.0.